The van der Waals surface area contributed by atoms with Gasteiger partial charge in [-0.3, -0.25) is 4.79 Å². The number of halogens is 1. The number of hydrogen-bond donors (Lipinski definition) is 0. The van der Waals surface area contributed by atoms with Crippen LogP contribution in [0.3, 0.4) is 0 Å². The van der Waals surface area contributed by atoms with E-state index in [4.69, 9.17) is 11.6 Å². The van der Waals surface area contributed by atoms with Gasteiger partial charge in [-0.25, -0.2) is 0 Å². The lowest BCUT2D eigenvalue weighted by atomic mass is 9.74. The number of Topliss-reactive ketones (excluding diaryl/α,β-unsaturated/α-hetero) is 1. The summed E-state index contributed by atoms with van der Waals surface area (Å²) < 4.78 is 0. The van der Waals surface area contributed by atoms with Crippen LogP contribution in [-0.4, -0.2) is 5.78 Å². The number of rotatable bonds is 2. The van der Waals surface area contributed by atoms with E-state index >= 15 is 0 Å². The molecule has 1 aliphatic rings. The Balaban J connectivity index is 2.20. The van der Waals surface area contributed by atoms with Crippen molar-refractivity contribution in [1.29, 1.82) is 0 Å². The third-order valence-corrected chi connectivity index (χ3v) is 4.25. The molecule has 0 amide bonds. The Hall–Kier alpha value is -0.820. The fourth-order valence-corrected chi connectivity index (χ4v) is 3.53. The van der Waals surface area contributed by atoms with Crippen LogP contribution in [0.2, 0.25) is 5.02 Å². The van der Waals surface area contributed by atoms with Gasteiger partial charge in [0.1, 0.15) is 0 Å². The highest BCUT2D eigenvalue weighted by molar-refractivity contribution is 6.34. The van der Waals surface area contributed by atoms with Gasteiger partial charge in [0.15, 0.2) is 5.78 Å². The molecule has 0 heterocycles. The summed E-state index contributed by atoms with van der Waals surface area (Å²) in [6.07, 6.45) is 3.26. The van der Waals surface area contributed by atoms with Crippen LogP contribution < -0.4 is 0 Å². The van der Waals surface area contributed by atoms with Crippen molar-refractivity contribution >= 4 is 17.4 Å². The predicted molar refractivity (Wildman–Crippen MR) is 76.2 cm³/mol. The average Bonchev–Trinajstić information content (AvgIpc) is 2.26. The quantitative estimate of drug-likeness (QED) is 0.694. The normalized spacial score (nSPS) is 28.1. The minimum atomic E-state index is 0.156. The van der Waals surface area contributed by atoms with Gasteiger partial charge in [0.25, 0.3) is 0 Å². The van der Waals surface area contributed by atoms with Crippen molar-refractivity contribution in [3.8, 4) is 0 Å². The highest BCUT2D eigenvalue weighted by atomic mass is 35.5. The van der Waals surface area contributed by atoms with Crippen LogP contribution >= 0.6 is 11.6 Å². The van der Waals surface area contributed by atoms with E-state index in [1.54, 1.807) is 0 Å². The summed E-state index contributed by atoms with van der Waals surface area (Å²) in [5.41, 5.74) is 1.80. The number of aryl methyl sites for hydroxylation is 1. The van der Waals surface area contributed by atoms with Crippen LogP contribution in [0.5, 0.6) is 0 Å². The van der Waals surface area contributed by atoms with Gasteiger partial charge >= 0.3 is 0 Å². The summed E-state index contributed by atoms with van der Waals surface area (Å²) in [6, 6.07) is 5.73. The minimum Gasteiger partial charge on any atom is -0.294 e. The Labute approximate surface area is 115 Å². The molecule has 1 aliphatic carbocycles. The van der Waals surface area contributed by atoms with Gasteiger partial charge in [-0.05, 0) is 55.7 Å². The third kappa shape index (κ3) is 2.95. The molecule has 2 rings (SSSR count). The third-order valence-electron chi connectivity index (χ3n) is 3.94. The molecule has 0 saturated heterocycles. The van der Waals surface area contributed by atoms with Gasteiger partial charge in [-0.2, -0.15) is 0 Å². The molecule has 0 aromatic heterocycles. The summed E-state index contributed by atoms with van der Waals surface area (Å²) in [4.78, 5) is 12.5. The SMILES string of the molecule is Cc1ccc(C(=O)C2CC(C)CC(C)C2)c(Cl)c1. The van der Waals surface area contributed by atoms with Crippen LogP contribution in [0.15, 0.2) is 18.2 Å². The molecule has 1 saturated carbocycles. The fraction of sp³-hybridized carbons (Fsp3) is 0.562. The van der Waals surface area contributed by atoms with Gasteiger partial charge in [0, 0.05) is 11.5 Å². The van der Waals surface area contributed by atoms with Gasteiger partial charge in [0.2, 0.25) is 0 Å². The van der Waals surface area contributed by atoms with Crippen molar-refractivity contribution < 1.29 is 4.79 Å². The van der Waals surface area contributed by atoms with E-state index in [1.165, 1.54) is 6.42 Å². The predicted octanol–water partition coefficient (Wildman–Crippen LogP) is 4.90. The molecule has 18 heavy (non-hydrogen) atoms. The van der Waals surface area contributed by atoms with Crippen molar-refractivity contribution in [2.45, 2.75) is 40.0 Å². The lowest BCUT2D eigenvalue weighted by molar-refractivity contribution is 0.0836. The van der Waals surface area contributed by atoms with Crippen molar-refractivity contribution in [2.75, 3.05) is 0 Å². The fourth-order valence-electron chi connectivity index (χ4n) is 3.20. The lowest BCUT2D eigenvalue weighted by Crippen LogP contribution is -2.26. The molecule has 0 spiro atoms. The first-order chi connectivity index (χ1) is 8.47. The molecule has 0 aliphatic heterocycles. The molecule has 1 nitrogen and oxygen atoms in total. The average molecular weight is 265 g/mol. The van der Waals surface area contributed by atoms with E-state index in [2.05, 4.69) is 13.8 Å². The smallest absolute Gasteiger partial charge is 0.167 e. The van der Waals surface area contributed by atoms with Gasteiger partial charge in [0.05, 0.1) is 5.02 Å². The second kappa shape index (κ2) is 5.44. The number of carbonyl (C=O) groups excluding carboxylic acids is 1. The largest absolute Gasteiger partial charge is 0.294 e. The minimum absolute atomic E-state index is 0.156. The number of hydrogen-bond acceptors (Lipinski definition) is 1. The Morgan fingerprint density at radius 2 is 1.78 bits per heavy atom. The van der Waals surface area contributed by atoms with Crippen LogP contribution in [0.1, 0.15) is 49.0 Å². The summed E-state index contributed by atoms with van der Waals surface area (Å²) in [5.74, 6) is 1.68. The van der Waals surface area contributed by atoms with Crippen molar-refractivity contribution in [3.05, 3.63) is 34.3 Å². The Morgan fingerprint density at radius 3 is 2.33 bits per heavy atom. The zero-order valence-electron chi connectivity index (χ0n) is 11.4. The summed E-state index contributed by atoms with van der Waals surface area (Å²) in [5, 5.41) is 0.603. The monoisotopic (exact) mass is 264 g/mol. The van der Waals surface area contributed by atoms with Crippen molar-refractivity contribution in [1.82, 2.24) is 0 Å². The summed E-state index contributed by atoms with van der Waals surface area (Å²) >= 11 is 6.20. The van der Waals surface area contributed by atoms with Crippen molar-refractivity contribution in [3.63, 3.8) is 0 Å². The van der Waals surface area contributed by atoms with E-state index in [9.17, 15) is 4.79 Å². The van der Waals surface area contributed by atoms with Gasteiger partial charge < -0.3 is 0 Å². The molecule has 0 N–H and O–H groups in total. The maximum absolute atomic E-state index is 12.5. The first kappa shape index (κ1) is 13.6. The molecule has 98 valence electrons. The number of carbonyl (C=O) groups is 1. The molecule has 0 radical (unpaired) electrons. The first-order valence-corrected chi connectivity index (χ1v) is 7.15. The molecule has 1 fully saturated rings. The molecule has 2 atom stereocenters. The maximum atomic E-state index is 12.5. The lowest BCUT2D eigenvalue weighted by Gasteiger charge is -2.30. The highest BCUT2D eigenvalue weighted by Crippen LogP contribution is 2.35. The molecule has 2 unspecified atom stereocenters. The van der Waals surface area contributed by atoms with Crippen molar-refractivity contribution in [2.24, 2.45) is 17.8 Å². The van der Waals surface area contributed by atoms with E-state index in [0.29, 0.717) is 22.4 Å². The van der Waals surface area contributed by atoms with Crippen LogP contribution in [0.4, 0.5) is 0 Å². The Morgan fingerprint density at radius 1 is 1.17 bits per heavy atom. The number of ketones is 1. The maximum Gasteiger partial charge on any atom is 0.167 e. The van der Waals surface area contributed by atoms with E-state index in [1.807, 2.05) is 25.1 Å². The highest BCUT2D eigenvalue weighted by Gasteiger charge is 2.30. The second-order valence-corrected chi connectivity index (χ2v) is 6.37. The van der Waals surface area contributed by atoms with E-state index < -0.39 is 0 Å². The zero-order valence-corrected chi connectivity index (χ0v) is 12.1. The van der Waals surface area contributed by atoms with Crippen LogP contribution in [0, 0.1) is 24.7 Å². The Bertz CT molecular complexity index is 442. The van der Waals surface area contributed by atoms with E-state index in [0.717, 1.165) is 18.4 Å². The zero-order chi connectivity index (χ0) is 13.3. The summed E-state index contributed by atoms with van der Waals surface area (Å²) in [6.45, 7) is 6.48. The molecule has 1 aromatic carbocycles. The van der Waals surface area contributed by atoms with Crippen LogP contribution in [-0.2, 0) is 0 Å². The standard InChI is InChI=1S/C16H21ClO/c1-10-4-5-14(15(17)9-10)16(18)13-7-11(2)6-12(3)8-13/h4-5,9,11-13H,6-8H2,1-3H3. The topological polar surface area (TPSA) is 17.1 Å². The van der Waals surface area contributed by atoms with Gasteiger partial charge in [-0.1, -0.05) is 31.5 Å². The Kier molecular flexibility index (Phi) is 4.11. The van der Waals surface area contributed by atoms with Crippen LogP contribution in [0.25, 0.3) is 0 Å². The number of benzene rings is 1. The van der Waals surface area contributed by atoms with E-state index in [-0.39, 0.29) is 11.7 Å². The summed E-state index contributed by atoms with van der Waals surface area (Å²) in [7, 11) is 0. The molecule has 1 aromatic rings. The molecule has 2 heteroatoms. The molecular weight excluding hydrogens is 244 g/mol. The molecular formula is C16H21ClO. The second-order valence-electron chi connectivity index (χ2n) is 5.96. The molecule has 0 bridgehead atoms. The first-order valence-electron chi connectivity index (χ1n) is 6.77. The van der Waals surface area contributed by atoms with Gasteiger partial charge in [-0.15, -0.1) is 0 Å².